The van der Waals surface area contributed by atoms with Crippen molar-refractivity contribution in [2.24, 2.45) is 5.73 Å². The Hall–Kier alpha value is -0.610. The highest BCUT2D eigenvalue weighted by Crippen LogP contribution is 1.96. The number of carbonyl (C=O) groups excluding carboxylic acids is 1. The van der Waals surface area contributed by atoms with Crippen LogP contribution in [0.15, 0.2) is 0 Å². The molecule has 4 heteroatoms. The Morgan fingerprint density at radius 1 is 1.42 bits per heavy atom. The number of hydrogen-bond acceptors (Lipinski definition) is 3. The highest BCUT2D eigenvalue weighted by molar-refractivity contribution is 5.77. The summed E-state index contributed by atoms with van der Waals surface area (Å²) < 4.78 is 0. The lowest BCUT2D eigenvalue weighted by Gasteiger charge is -2.15. The van der Waals surface area contributed by atoms with Crippen molar-refractivity contribution in [2.45, 2.75) is 19.3 Å². The molecule has 0 saturated heterocycles. The zero-order chi connectivity index (χ0) is 9.40. The number of nitrogens with zero attached hydrogens (tertiary/aromatic N) is 1. The summed E-state index contributed by atoms with van der Waals surface area (Å²) in [6.45, 7) is 1.04. The minimum absolute atomic E-state index is 0.0287. The molecule has 0 aliphatic carbocycles. The Bertz CT molecular complexity index is 128. The van der Waals surface area contributed by atoms with Gasteiger partial charge in [0.25, 0.3) is 0 Å². The molecule has 1 amide bonds. The largest absolute Gasteiger partial charge is 0.396 e. The molecule has 0 unspecified atom stereocenters. The molecule has 3 N–H and O–H groups in total. The van der Waals surface area contributed by atoms with Gasteiger partial charge in [0.1, 0.15) is 0 Å². The summed E-state index contributed by atoms with van der Waals surface area (Å²) in [6, 6.07) is 0. The van der Waals surface area contributed by atoms with E-state index in [-0.39, 0.29) is 19.1 Å². The van der Waals surface area contributed by atoms with E-state index in [0.717, 1.165) is 25.8 Å². The van der Waals surface area contributed by atoms with Crippen LogP contribution in [-0.4, -0.2) is 42.7 Å². The van der Waals surface area contributed by atoms with Gasteiger partial charge in [0.2, 0.25) is 5.91 Å². The minimum Gasteiger partial charge on any atom is -0.396 e. The normalized spacial score (nSPS) is 9.92. The summed E-state index contributed by atoms with van der Waals surface area (Å²) in [5.41, 5.74) is 5.17. The topological polar surface area (TPSA) is 66.6 Å². The molecule has 0 rings (SSSR count). The minimum atomic E-state index is -0.0287. The van der Waals surface area contributed by atoms with Crippen LogP contribution in [0.4, 0.5) is 0 Å². The smallest absolute Gasteiger partial charge is 0.236 e. The first kappa shape index (κ1) is 11.4. The molecular weight excluding hydrogens is 156 g/mol. The number of unbranched alkanes of at least 4 members (excludes halogenated alkanes) is 2. The van der Waals surface area contributed by atoms with E-state index in [9.17, 15) is 4.79 Å². The maximum atomic E-state index is 10.9. The predicted octanol–water partition coefficient (Wildman–Crippen LogP) is -0.434. The van der Waals surface area contributed by atoms with Crippen LogP contribution in [0.1, 0.15) is 19.3 Å². The third-order valence-electron chi connectivity index (χ3n) is 1.75. The fraction of sp³-hybridized carbons (Fsp3) is 0.875. The summed E-state index contributed by atoms with van der Waals surface area (Å²) >= 11 is 0. The van der Waals surface area contributed by atoms with Crippen molar-refractivity contribution in [1.82, 2.24) is 4.90 Å². The first-order valence-electron chi connectivity index (χ1n) is 4.27. The van der Waals surface area contributed by atoms with Crippen LogP contribution < -0.4 is 5.73 Å². The first-order valence-corrected chi connectivity index (χ1v) is 4.27. The lowest BCUT2D eigenvalue weighted by atomic mass is 10.2. The summed E-state index contributed by atoms with van der Waals surface area (Å²) in [5, 5.41) is 8.49. The number of likely N-dealkylation sites (N-methyl/N-ethyl adjacent to an activating group) is 1. The van der Waals surface area contributed by atoms with Gasteiger partial charge < -0.3 is 15.7 Å². The van der Waals surface area contributed by atoms with Crippen LogP contribution in [0.25, 0.3) is 0 Å². The number of rotatable bonds is 6. The molecule has 0 radical (unpaired) electrons. The third-order valence-corrected chi connectivity index (χ3v) is 1.75. The first-order chi connectivity index (χ1) is 5.72. The standard InChI is InChI=1S/C8H18N2O2/c1-10(8(12)7-9)5-3-2-4-6-11/h11H,2-7,9H2,1H3. The summed E-state index contributed by atoms with van der Waals surface area (Å²) in [5.74, 6) is -0.0287. The monoisotopic (exact) mass is 174 g/mol. The van der Waals surface area contributed by atoms with Gasteiger partial charge in [0.05, 0.1) is 6.54 Å². The van der Waals surface area contributed by atoms with Crippen molar-refractivity contribution in [3.8, 4) is 0 Å². The van der Waals surface area contributed by atoms with Gasteiger partial charge in [-0.25, -0.2) is 0 Å². The van der Waals surface area contributed by atoms with Crippen molar-refractivity contribution in [3.05, 3.63) is 0 Å². The Labute approximate surface area is 73.3 Å². The van der Waals surface area contributed by atoms with Gasteiger partial charge >= 0.3 is 0 Å². The number of amides is 1. The zero-order valence-corrected chi connectivity index (χ0v) is 7.62. The lowest BCUT2D eigenvalue weighted by molar-refractivity contribution is -0.128. The molecule has 0 aromatic heterocycles. The van der Waals surface area contributed by atoms with Crippen molar-refractivity contribution >= 4 is 5.91 Å². The molecule has 4 nitrogen and oxygen atoms in total. The highest BCUT2D eigenvalue weighted by atomic mass is 16.2. The maximum Gasteiger partial charge on any atom is 0.236 e. The van der Waals surface area contributed by atoms with Gasteiger partial charge in [-0.1, -0.05) is 0 Å². The predicted molar refractivity (Wildman–Crippen MR) is 47.6 cm³/mol. The Balaban J connectivity index is 3.31. The molecule has 0 aliphatic heterocycles. The molecule has 0 aliphatic rings. The molecule has 0 aromatic carbocycles. The summed E-state index contributed by atoms with van der Waals surface area (Å²) in [7, 11) is 1.74. The number of aliphatic hydroxyl groups excluding tert-OH is 1. The van der Waals surface area contributed by atoms with E-state index >= 15 is 0 Å². The molecule has 0 spiro atoms. The molecule has 0 atom stereocenters. The number of aliphatic hydroxyl groups is 1. The van der Waals surface area contributed by atoms with E-state index in [1.54, 1.807) is 11.9 Å². The SMILES string of the molecule is CN(CCCCCO)C(=O)CN. The molecule has 0 saturated carbocycles. The zero-order valence-electron chi connectivity index (χ0n) is 7.62. The van der Waals surface area contributed by atoms with Crippen LogP contribution >= 0.6 is 0 Å². The van der Waals surface area contributed by atoms with Gasteiger partial charge in [-0.15, -0.1) is 0 Å². The van der Waals surface area contributed by atoms with Crippen LogP contribution in [-0.2, 0) is 4.79 Å². The molecule has 0 heterocycles. The quantitative estimate of drug-likeness (QED) is 0.537. The van der Waals surface area contributed by atoms with Crippen molar-refractivity contribution in [2.75, 3.05) is 26.7 Å². The number of hydrogen-bond donors (Lipinski definition) is 2. The second-order valence-corrected chi connectivity index (χ2v) is 2.80. The Morgan fingerprint density at radius 2 is 2.08 bits per heavy atom. The summed E-state index contributed by atoms with van der Waals surface area (Å²) in [4.78, 5) is 12.5. The van der Waals surface area contributed by atoms with E-state index in [1.807, 2.05) is 0 Å². The van der Waals surface area contributed by atoms with Crippen LogP contribution in [0.5, 0.6) is 0 Å². The third kappa shape index (κ3) is 5.09. The maximum absolute atomic E-state index is 10.9. The van der Waals surface area contributed by atoms with Gasteiger partial charge in [0.15, 0.2) is 0 Å². The van der Waals surface area contributed by atoms with E-state index in [0.29, 0.717) is 0 Å². The lowest BCUT2D eigenvalue weighted by Crippen LogP contribution is -2.33. The molecular formula is C8H18N2O2. The van der Waals surface area contributed by atoms with E-state index in [1.165, 1.54) is 0 Å². The van der Waals surface area contributed by atoms with Crippen LogP contribution in [0.3, 0.4) is 0 Å². The van der Waals surface area contributed by atoms with Crippen molar-refractivity contribution < 1.29 is 9.90 Å². The average Bonchev–Trinajstić information content (AvgIpc) is 2.10. The second-order valence-electron chi connectivity index (χ2n) is 2.80. The number of nitrogens with two attached hydrogens (primary N) is 1. The molecule has 0 bridgehead atoms. The Morgan fingerprint density at radius 3 is 2.58 bits per heavy atom. The van der Waals surface area contributed by atoms with Gasteiger partial charge in [0, 0.05) is 20.2 Å². The van der Waals surface area contributed by atoms with Gasteiger partial charge in [-0.05, 0) is 19.3 Å². The molecule has 0 aromatic rings. The van der Waals surface area contributed by atoms with Crippen LogP contribution in [0.2, 0.25) is 0 Å². The average molecular weight is 174 g/mol. The highest BCUT2D eigenvalue weighted by Gasteiger charge is 2.03. The van der Waals surface area contributed by atoms with Gasteiger partial charge in [-0.2, -0.15) is 0 Å². The molecule has 0 fully saturated rings. The molecule has 12 heavy (non-hydrogen) atoms. The Kier molecular flexibility index (Phi) is 6.70. The fourth-order valence-corrected chi connectivity index (χ4v) is 0.918. The van der Waals surface area contributed by atoms with E-state index < -0.39 is 0 Å². The number of carbonyl (C=O) groups is 1. The van der Waals surface area contributed by atoms with Gasteiger partial charge in [-0.3, -0.25) is 4.79 Å². The fourth-order valence-electron chi connectivity index (χ4n) is 0.918. The van der Waals surface area contributed by atoms with Crippen molar-refractivity contribution in [3.63, 3.8) is 0 Å². The van der Waals surface area contributed by atoms with Crippen LogP contribution in [0, 0.1) is 0 Å². The van der Waals surface area contributed by atoms with E-state index in [2.05, 4.69) is 0 Å². The van der Waals surface area contributed by atoms with Crippen molar-refractivity contribution in [1.29, 1.82) is 0 Å². The second kappa shape index (κ2) is 7.06. The summed E-state index contributed by atoms with van der Waals surface area (Å²) in [6.07, 6.45) is 2.70. The molecule has 72 valence electrons. The van der Waals surface area contributed by atoms with E-state index in [4.69, 9.17) is 10.8 Å².